The van der Waals surface area contributed by atoms with Crippen molar-refractivity contribution in [2.24, 2.45) is 5.10 Å². The number of hydrogen-bond acceptors (Lipinski definition) is 4. The first-order chi connectivity index (χ1) is 11.6. The fourth-order valence-electron chi connectivity index (χ4n) is 1.81. The fourth-order valence-corrected chi connectivity index (χ4v) is 2.35. The summed E-state index contributed by atoms with van der Waals surface area (Å²) in [5.41, 5.74) is 2.81. The van der Waals surface area contributed by atoms with Gasteiger partial charge < -0.3 is 9.73 Å². The fraction of sp³-hybridized carbons (Fsp3) is 0.188. The van der Waals surface area contributed by atoms with E-state index >= 15 is 0 Å². The van der Waals surface area contributed by atoms with E-state index < -0.39 is 0 Å². The molecule has 1 aromatic carbocycles. The molecule has 0 unspecified atom stereocenters. The van der Waals surface area contributed by atoms with E-state index in [1.807, 2.05) is 0 Å². The number of carbonyl (C=O) groups excluding carboxylic acids is 2. The van der Waals surface area contributed by atoms with E-state index in [2.05, 4.69) is 31.8 Å². The van der Waals surface area contributed by atoms with Crippen LogP contribution in [0.15, 0.2) is 50.6 Å². The Kier molecular flexibility index (Phi) is 7.02. The maximum Gasteiger partial charge on any atom is 0.252 e. The third kappa shape index (κ3) is 5.82. The monoisotopic (exact) mass is 411 g/mol. The molecule has 24 heavy (non-hydrogen) atoms. The maximum atomic E-state index is 11.9. The Morgan fingerprint density at radius 2 is 2.04 bits per heavy atom. The van der Waals surface area contributed by atoms with Crippen LogP contribution in [0.1, 0.15) is 29.0 Å². The van der Waals surface area contributed by atoms with Crippen molar-refractivity contribution < 1.29 is 14.0 Å². The second kappa shape index (κ2) is 9.24. The lowest BCUT2D eigenvalue weighted by Gasteiger charge is -2.06. The van der Waals surface area contributed by atoms with Crippen molar-refractivity contribution in [2.75, 3.05) is 6.54 Å². The minimum absolute atomic E-state index is 0.238. The largest absolute Gasteiger partial charge is 0.448 e. The Labute approximate surface area is 152 Å². The quantitative estimate of drug-likeness (QED) is 0.415. The summed E-state index contributed by atoms with van der Waals surface area (Å²) in [4.78, 5) is 23.5. The zero-order chi connectivity index (χ0) is 17.4. The van der Waals surface area contributed by atoms with Gasteiger partial charge in [-0.2, -0.15) is 5.10 Å². The van der Waals surface area contributed by atoms with Gasteiger partial charge in [0.05, 0.1) is 16.8 Å². The SMILES string of the molecule is O=C(CCCNC(=O)c1ccccc1Cl)N/N=C\c1ccc(Br)o1. The number of hydrogen-bond donors (Lipinski definition) is 2. The molecule has 2 N–H and O–H groups in total. The molecule has 0 fully saturated rings. The number of carbonyl (C=O) groups is 2. The van der Waals surface area contributed by atoms with Gasteiger partial charge in [-0.05, 0) is 46.6 Å². The minimum atomic E-state index is -0.262. The number of amides is 2. The molecule has 0 aliphatic carbocycles. The van der Waals surface area contributed by atoms with Crippen LogP contribution >= 0.6 is 27.5 Å². The van der Waals surface area contributed by atoms with Crippen molar-refractivity contribution in [1.82, 2.24) is 10.7 Å². The highest BCUT2D eigenvalue weighted by Gasteiger charge is 2.08. The average molecular weight is 413 g/mol. The van der Waals surface area contributed by atoms with E-state index in [4.69, 9.17) is 16.0 Å². The number of halogens is 2. The van der Waals surface area contributed by atoms with Gasteiger partial charge in [0.25, 0.3) is 5.91 Å². The standard InChI is InChI=1S/C16H15BrClN3O3/c17-14-8-7-11(24-14)10-20-21-15(22)6-3-9-19-16(23)12-4-1-2-5-13(12)18/h1-2,4-5,7-8,10H,3,6,9H2,(H,19,23)(H,21,22)/b20-10-. The van der Waals surface area contributed by atoms with E-state index in [0.717, 1.165) is 0 Å². The maximum absolute atomic E-state index is 11.9. The predicted octanol–water partition coefficient (Wildman–Crippen LogP) is 3.36. The third-order valence-corrected chi connectivity index (χ3v) is 3.72. The van der Waals surface area contributed by atoms with Gasteiger partial charge in [-0.25, -0.2) is 5.43 Å². The number of nitrogens with one attached hydrogen (secondary N) is 2. The Morgan fingerprint density at radius 1 is 1.25 bits per heavy atom. The summed E-state index contributed by atoms with van der Waals surface area (Å²) in [6.45, 7) is 0.367. The molecule has 2 amide bonds. The lowest BCUT2D eigenvalue weighted by molar-refractivity contribution is -0.121. The zero-order valence-electron chi connectivity index (χ0n) is 12.6. The molecule has 0 aliphatic heterocycles. The van der Waals surface area contributed by atoms with Crippen LogP contribution in [0.25, 0.3) is 0 Å². The van der Waals surface area contributed by atoms with Crippen molar-refractivity contribution in [3.05, 3.63) is 57.4 Å². The molecule has 0 aliphatic rings. The van der Waals surface area contributed by atoms with Crippen molar-refractivity contribution in [3.63, 3.8) is 0 Å². The molecule has 0 radical (unpaired) electrons. The molecular weight excluding hydrogens is 398 g/mol. The highest BCUT2D eigenvalue weighted by atomic mass is 79.9. The van der Waals surface area contributed by atoms with Crippen molar-refractivity contribution >= 4 is 45.6 Å². The summed E-state index contributed by atoms with van der Waals surface area (Å²) < 4.78 is 5.79. The number of hydrazone groups is 1. The van der Waals surface area contributed by atoms with E-state index in [1.165, 1.54) is 6.21 Å². The van der Waals surface area contributed by atoms with Gasteiger partial charge in [-0.1, -0.05) is 23.7 Å². The van der Waals surface area contributed by atoms with Gasteiger partial charge in [-0.3, -0.25) is 9.59 Å². The van der Waals surface area contributed by atoms with Crippen molar-refractivity contribution in [1.29, 1.82) is 0 Å². The minimum Gasteiger partial charge on any atom is -0.448 e. The zero-order valence-corrected chi connectivity index (χ0v) is 14.9. The molecule has 6 nitrogen and oxygen atoms in total. The lowest BCUT2D eigenvalue weighted by Crippen LogP contribution is -2.26. The molecule has 0 spiro atoms. The second-order valence-electron chi connectivity index (χ2n) is 4.77. The van der Waals surface area contributed by atoms with Gasteiger partial charge in [0.2, 0.25) is 5.91 Å². The normalized spacial score (nSPS) is 10.8. The summed E-state index contributed by atoms with van der Waals surface area (Å²) in [6.07, 6.45) is 2.13. The van der Waals surface area contributed by atoms with Crippen LogP contribution in [0.5, 0.6) is 0 Å². The van der Waals surface area contributed by atoms with Gasteiger partial charge in [0, 0.05) is 13.0 Å². The first-order valence-electron chi connectivity index (χ1n) is 7.16. The molecule has 0 bridgehead atoms. The summed E-state index contributed by atoms with van der Waals surface area (Å²) in [7, 11) is 0. The summed E-state index contributed by atoms with van der Waals surface area (Å²) in [5, 5.41) is 6.90. The van der Waals surface area contributed by atoms with Crippen LogP contribution in [0, 0.1) is 0 Å². The number of furan rings is 1. The van der Waals surface area contributed by atoms with Gasteiger partial charge in [0.1, 0.15) is 5.76 Å². The molecule has 2 aromatic rings. The Morgan fingerprint density at radius 3 is 2.75 bits per heavy atom. The number of rotatable bonds is 7. The molecule has 8 heteroatoms. The Bertz CT molecular complexity index is 746. The van der Waals surface area contributed by atoms with Crippen LogP contribution in [-0.4, -0.2) is 24.6 Å². The topological polar surface area (TPSA) is 83.7 Å². The summed E-state index contributed by atoms with van der Waals surface area (Å²) in [6, 6.07) is 10.2. The molecule has 0 saturated heterocycles. The molecule has 2 rings (SSSR count). The molecule has 1 heterocycles. The summed E-state index contributed by atoms with van der Waals surface area (Å²) in [5.74, 6) is 0.0143. The lowest BCUT2D eigenvalue weighted by atomic mass is 10.2. The van der Waals surface area contributed by atoms with Crippen molar-refractivity contribution in [3.8, 4) is 0 Å². The van der Waals surface area contributed by atoms with Crippen LogP contribution in [0.3, 0.4) is 0 Å². The Balaban J connectivity index is 1.65. The highest BCUT2D eigenvalue weighted by molar-refractivity contribution is 9.10. The van der Waals surface area contributed by atoms with E-state index in [9.17, 15) is 9.59 Å². The number of nitrogens with zero attached hydrogens (tertiary/aromatic N) is 1. The molecule has 126 valence electrons. The van der Waals surface area contributed by atoms with Gasteiger partial charge >= 0.3 is 0 Å². The number of benzene rings is 1. The molecular formula is C16H15BrClN3O3. The Hall–Kier alpha value is -2.12. The van der Waals surface area contributed by atoms with E-state index in [1.54, 1.807) is 36.4 Å². The molecule has 1 aromatic heterocycles. The van der Waals surface area contributed by atoms with Gasteiger partial charge in [-0.15, -0.1) is 0 Å². The van der Waals surface area contributed by atoms with E-state index in [0.29, 0.717) is 34.0 Å². The van der Waals surface area contributed by atoms with Crippen LogP contribution < -0.4 is 10.7 Å². The van der Waals surface area contributed by atoms with Crippen LogP contribution in [0.4, 0.5) is 0 Å². The third-order valence-electron chi connectivity index (χ3n) is 2.96. The summed E-state index contributed by atoms with van der Waals surface area (Å²) >= 11 is 9.11. The molecule has 0 atom stereocenters. The average Bonchev–Trinajstić information content (AvgIpc) is 2.97. The van der Waals surface area contributed by atoms with E-state index in [-0.39, 0.29) is 18.2 Å². The van der Waals surface area contributed by atoms with Crippen LogP contribution in [-0.2, 0) is 4.79 Å². The van der Waals surface area contributed by atoms with Crippen LogP contribution in [0.2, 0.25) is 5.02 Å². The first-order valence-corrected chi connectivity index (χ1v) is 8.33. The highest BCUT2D eigenvalue weighted by Crippen LogP contribution is 2.14. The smallest absolute Gasteiger partial charge is 0.252 e. The second-order valence-corrected chi connectivity index (χ2v) is 5.96. The predicted molar refractivity (Wildman–Crippen MR) is 95.2 cm³/mol. The first kappa shape index (κ1) is 18.2. The van der Waals surface area contributed by atoms with Crippen molar-refractivity contribution in [2.45, 2.75) is 12.8 Å². The molecule has 0 saturated carbocycles. The van der Waals surface area contributed by atoms with Gasteiger partial charge in [0.15, 0.2) is 4.67 Å².